The number of likely N-dealkylation sites (N-methyl/N-ethyl adjacent to an activating group) is 1. The third-order valence-corrected chi connectivity index (χ3v) is 3.63. The molecule has 23 heavy (non-hydrogen) atoms. The van der Waals surface area contributed by atoms with Gasteiger partial charge in [0.2, 0.25) is 5.91 Å². The van der Waals surface area contributed by atoms with Crippen molar-refractivity contribution in [3.05, 3.63) is 58.8 Å². The van der Waals surface area contributed by atoms with E-state index in [2.05, 4.69) is 21.2 Å². The molecule has 0 aliphatic heterocycles. The lowest BCUT2D eigenvalue weighted by atomic mass is 10.3. The molecule has 6 heteroatoms. The Bertz CT molecular complexity index is 632. The van der Waals surface area contributed by atoms with Crippen molar-refractivity contribution < 1.29 is 13.9 Å². The average Bonchev–Trinajstić information content (AvgIpc) is 2.51. The van der Waals surface area contributed by atoms with E-state index in [-0.39, 0.29) is 18.3 Å². The maximum atomic E-state index is 12.8. The SMILES string of the molecule is CN(CCOc1ccc(Br)cc1)CC(=O)Nc1ccc(F)cc1. The molecule has 0 aliphatic rings. The Balaban J connectivity index is 1.69. The highest BCUT2D eigenvalue weighted by Gasteiger charge is 2.07. The van der Waals surface area contributed by atoms with Gasteiger partial charge in [0, 0.05) is 16.7 Å². The number of anilines is 1. The van der Waals surface area contributed by atoms with E-state index >= 15 is 0 Å². The summed E-state index contributed by atoms with van der Waals surface area (Å²) in [6.07, 6.45) is 0. The monoisotopic (exact) mass is 380 g/mol. The van der Waals surface area contributed by atoms with E-state index in [1.54, 1.807) is 0 Å². The third kappa shape index (κ3) is 6.38. The quantitative estimate of drug-likeness (QED) is 0.798. The fourth-order valence-corrected chi connectivity index (χ4v) is 2.17. The number of amides is 1. The highest BCUT2D eigenvalue weighted by Crippen LogP contribution is 2.15. The zero-order valence-corrected chi connectivity index (χ0v) is 14.3. The Morgan fingerprint density at radius 2 is 1.83 bits per heavy atom. The fourth-order valence-electron chi connectivity index (χ4n) is 1.91. The average molecular weight is 381 g/mol. The molecule has 1 N–H and O–H groups in total. The molecule has 2 aromatic rings. The minimum Gasteiger partial charge on any atom is -0.492 e. The first kappa shape index (κ1) is 17.4. The lowest BCUT2D eigenvalue weighted by molar-refractivity contribution is -0.117. The summed E-state index contributed by atoms with van der Waals surface area (Å²) in [6.45, 7) is 1.34. The van der Waals surface area contributed by atoms with Gasteiger partial charge in [-0.1, -0.05) is 15.9 Å². The van der Waals surface area contributed by atoms with E-state index in [1.165, 1.54) is 24.3 Å². The molecule has 0 heterocycles. The van der Waals surface area contributed by atoms with Crippen LogP contribution in [-0.2, 0) is 4.79 Å². The molecule has 0 spiro atoms. The number of hydrogen-bond acceptors (Lipinski definition) is 3. The summed E-state index contributed by atoms with van der Waals surface area (Å²) in [7, 11) is 1.84. The van der Waals surface area contributed by atoms with Crippen molar-refractivity contribution in [2.45, 2.75) is 0 Å². The molecule has 0 saturated carbocycles. The number of nitrogens with zero attached hydrogens (tertiary/aromatic N) is 1. The van der Waals surface area contributed by atoms with Crippen LogP contribution in [-0.4, -0.2) is 37.6 Å². The first-order chi connectivity index (χ1) is 11.0. The van der Waals surface area contributed by atoms with Gasteiger partial charge >= 0.3 is 0 Å². The first-order valence-electron chi connectivity index (χ1n) is 7.15. The lowest BCUT2D eigenvalue weighted by Crippen LogP contribution is -2.33. The summed E-state index contributed by atoms with van der Waals surface area (Å²) in [4.78, 5) is 13.7. The summed E-state index contributed by atoms with van der Waals surface area (Å²) >= 11 is 3.37. The minimum atomic E-state index is -0.329. The van der Waals surface area contributed by atoms with Crippen LogP contribution in [0.5, 0.6) is 5.75 Å². The maximum Gasteiger partial charge on any atom is 0.238 e. The molecule has 4 nitrogen and oxygen atoms in total. The molecule has 2 rings (SSSR count). The molecule has 122 valence electrons. The topological polar surface area (TPSA) is 41.6 Å². The van der Waals surface area contributed by atoms with Crippen LogP contribution in [0.3, 0.4) is 0 Å². The molecule has 0 aromatic heterocycles. The van der Waals surface area contributed by atoms with Gasteiger partial charge in [0.15, 0.2) is 0 Å². The van der Waals surface area contributed by atoms with Crippen molar-refractivity contribution in [1.82, 2.24) is 4.90 Å². The Labute approximate surface area is 143 Å². The summed E-state index contributed by atoms with van der Waals surface area (Å²) in [5.41, 5.74) is 0.580. The highest BCUT2D eigenvalue weighted by atomic mass is 79.9. The first-order valence-corrected chi connectivity index (χ1v) is 7.94. The van der Waals surface area contributed by atoms with E-state index in [4.69, 9.17) is 4.74 Å². The van der Waals surface area contributed by atoms with Crippen molar-refractivity contribution in [2.24, 2.45) is 0 Å². The standard InChI is InChI=1S/C17H18BrFN2O2/c1-21(10-11-23-16-8-2-13(18)3-9-16)12-17(22)20-15-6-4-14(19)5-7-15/h2-9H,10-12H2,1H3,(H,20,22). The number of benzene rings is 2. The Hall–Kier alpha value is -1.92. The van der Waals surface area contributed by atoms with Crippen LogP contribution in [0, 0.1) is 5.82 Å². The molecule has 0 unspecified atom stereocenters. The number of ether oxygens (including phenoxy) is 1. The number of rotatable bonds is 7. The Morgan fingerprint density at radius 3 is 2.48 bits per heavy atom. The zero-order valence-electron chi connectivity index (χ0n) is 12.8. The van der Waals surface area contributed by atoms with Gasteiger partial charge in [0.1, 0.15) is 18.2 Å². The number of halogens is 2. The van der Waals surface area contributed by atoms with Gasteiger partial charge in [-0.2, -0.15) is 0 Å². The van der Waals surface area contributed by atoms with Gasteiger partial charge < -0.3 is 10.1 Å². The molecule has 1 amide bonds. The third-order valence-electron chi connectivity index (χ3n) is 3.10. The Kier molecular flexibility index (Phi) is 6.55. The zero-order chi connectivity index (χ0) is 16.7. The molecule has 0 saturated heterocycles. The predicted octanol–water partition coefficient (Wildman–Crippen LogP) is 3.54. The number of hydrogen-bond donors (Lipinski definition) is 1. The van der Waals surface area contributed by atoms with Crippen molar-refractivity contribution >= 4 is 27.5 Å². The highest BCUT2D eigenvalue weighted by molar-refractivity contribution is 9.10. The van der Waals surface area contributed by atoms with Crippen LogP contribution in [0.4, 0.5) is 10.1 Å². The van der Waals surface area contributed by atoms with Gasteiger partial charge in [-0.15, -0.1) is 0 Å². The van der Waals surface area contributed by atoms with Crippen molar-refractivity contribution in [3.8, 4) is 5.75 Å². The molecular formula is C17H18BrFN2O2. The largest absolute Gasteiger partial charge is 0.492 e. The second kappa shape index (κ2) is 8.64. The molecule has 0 aliphatic carbocycles. The van der Waals surface area contributed by atoms with Crippen molar-refractivity contribution in [3.63, 3.8) is 0 Å². The van der Waals surface area contributed by atoms with E-state index in [0.29, 0.717) is 18.8 Å². The van der Waals surface area contributed by atoms with Gasteiger partial charge in [-0.3, -0.25) is 9.69 Å². The number of nitrogens with one attached hydrogen (secondary N) is 1. The second-order valence-electron chi connectivity index (χ2n) is 5.10. The molecular weight excluding hydrogens is 363 g/mol. The van der Waals surface area contributed by atoms with Crippen LogP contribution < -0.4 is 10.1 Å². The van der Waals surface area contributed by atoms with Crippen LogP contribution in [0.2, 0.25) is 0 Å². The van der Waals surface area contributed by atoms with Gasteiger partial charge in [-0.05, 0) is 55.6 Å². The summed E-state index contributed by atoms with van der Waals surface area (Å²) < 4.78 is 19.4. The van der Waals surface area contributed by atoms with E-state index < -0.39 is 0 Å². The normalized spacial score (nSPS) is 10.6. The summed E-state index contributed by atoms with van der Waals surface area (Å²) in [6, 6.07) is 13.3. The van der Waals surface area contributed by atoms with Crippen LogP contribution in [0.15, 0.2) is 53.0 Å². The second-order valence-corrected chi connectivity index (χ2v) is 6.01. The summed E-state index contributed by atoms with van der Waals surface area (Å²) in [5, 5.41) is 2.72. The molecule has 0 fully saturated rings. The predicted molar refractivity (Wildman–Crippen MR) is 92.2 cm³/mol. The maximum absolute atomic E-state index is 12.8. The van der Waals surface area contributed by atoms with Crippen molar-refractivity contribution in [1.29, 1.82) is 0 Å². The van der Waals surface area contributed by atoms with Gasteiger partial charge in [-0.25, -0.2) is 4.39 Å². The molecule has 0 atom stereocenters. The Morgan fingerprint density at radius 1 is 1.17 bits per heavy atom. The minimum absolute atomic E-state index is 0.150. The smallest absolute Gasteiger partial charge is 0.238 e. The van der Waals surface area contributed by atoms with Crippen molar-refractivity contribution in [2.75, 3.05) is 32.1 Å². The van der Waals surface area contributed by atoms with Crippen LogP contribution in [0.25, 0.3) is 0 Å². The summed E-state index contributed by atoms with van der Waals surface area (Å²) in [5.74, 6) is 0.310. The molecule has 0 bridgehead atoms. The lowest BCUT2D eigenvalue weighted by Gasteiger charge is -2.16. The van der Waals surface area contributed by atoms with Crippen LogP contribution in [0.1, 0.15) is 0 Å². The molecule has 0 radical (unpaired) electrons. The number of carbonyl (C=O) groups excluding carboxylic acids is 1. The van der Waals surface area contributed by atoms with E-state index in [0.717, 1.165) is 10.2 Å². The molecule has 2 aromatic carbocycles. The van der Waals surface area contributed by atoms with Gasteiger partial charge in [0.05, 0.1) is 6.54 Å². The van der Waals surface area contributed by atoms with Crippen LogP contribution >= 0.6 is 15.9 Å². The van der Waals surface area contributed by atoms with E-state index in [9.17, 15) is 9.18 Å². The van der Waals surface area contributed by atoms with Gasteiger partial charge in [0.25, 0.3) is 0 Å². The number of carbonyl (C=O) groups is 1. The van der Waals surface area contributed by atoms with E-state index in [1.807, 2.05) is 36.2 Å². The fraction of sp³-hybridized carbons (Fsp3) is 0.235.